The molecule has 0 N–H and O–H groups in total. The number of carbonyl (C=O) groups excluding carboxylic acids is 1. The van der Waals surface area contributed by atoms with Crippen molar-refractivity contribution in [2.75, 3.05) is 7.05 Å². The highest BCUT2D eigenvalue weighted by atomic mass is 16.2. The number of hydrogen-bond donors (Lipinski definition) is 0. The van der Waals surface area contributed by atoms with Gasteiger partial charge in [0.1, 0.15) is 0 Å². The van der Waals surface area contributed by atoms with Crippen molar-refractivity contribution in [2.45, 2.75) is 40.7 Å². The van der Waals surface area contributed by atoms with Crippen LogP contribution in [0.15, 0.2) is 6.20 Å². The first-order chi connectivity index (χ1) is 7.69. The standard InChI is InChI=1S/C13H23N3O/c1-10-11(9-16(6)14-10)8-15(5)12(17)7-13(2,3)4/h9H,7-8H2,1-6H3. The van der Waals surface area contributed by atoms with Gasteiger partial charge in [-0.05, 0) is 12.3 Å². The summed E-state index contributed by atoms with van der Waals surface area (Å²) in [7, 11) is 3.74. The highest BCUT2D eigenvalue weighted by Gasteiger charge is 2.19. The summed E-state index contributed by atoms with van der Waals surface area (Å²) in [6.07, 6.45) is 2.54. The average molecular weight is 237 g/mol. The summed E-state index contributed by atoms with van der Waals surface area (Å²) in [5.74, 6) is 0.181. The molecule has 0 saturated heterocycles. The Kier molecular flexibility index (Phi) is 3.96. The van der Waals surface area contributed by atoms with Crippen molar-refractivity contribution in [3.63, 3.8) is 0 Å². The summed E-state index contributed by atoms with van der Waals surface area (Å²) in [6, 6.07) is 0. The molecular formula is C13H23N3O. The molecule has 1 aromatic rings. The zero-order chi connectivity index (χ0) is 13.2. The number of aromatic nitrogens is 2. The van der Waals surface area contributed by atoms with E-state index in [4.69, 9.17) is 0 Å². The Hall–Kier alpha value is -1.32. The zero-order valence-corrected chi connectivity index (χ0v) is 11.7. The maximum Gasteiger partial charge on any atom is 0.223 e. The predicted octanol–water partition coefficient (Wildman–Crippen LogP) is 2.12. The van der Waals surface area contributed by atoms with E-state index >= 15 is 0 Å². The van der Waals surface area contributed by atoms with Gasteiger partial charge < -0.3 is 4.90 Å². The van der Waals surface area contributed by atoms with Gasteiger partial charge in [0, 0.05) is 38.8 Å². The quantitative estimate of drug-likeness (QED) is 0.807. The smallest absolute Gasteiger partial charge is 0.223 e. The van der Waals surface area contributed by atoms with E-state index < -0.39 is 0 Å². The van der Waals surface area contributed by atoms with E-state index in [-0.39, 0.29) is 11.3 Å². The summed E-state index contributed by atoms with van der Waals surface area (Å²) >= 11 is 0. The normalized spacial score (nSPS) is 11.6. The summed E-state index contributed by atoms with van der Waals surface area (Å²) in [5.41, 5.74) is 2.13. The summed E-state index contributed by atoms with van der Waals surface area (Å²) in [5, 5.41) is 4.28. The third kappa shape index (κ3) is 4.21. The van der Waals surface area contributed by atoms with E-state index in [0.717, 1.165) is 11.3 Å². The fourth-order valence-electron chi connectivity index (χ4n) is 1.74. The van der Waals surface area contributed by atoms with Crippen molar-refractivity contribution < 1.29 is 4.79 Å². The minimum Gasteiger partial charge on any atom is -0.341 e. The minimum absolute atomic E-state index is 0.0370. The molecule has 0 bridgehead atoms. The molecule has 4 heteroatoms. The fourth-order valence-corrected chi connectivity index (χ4v) is 1.74. The van der Waals surface area contributed by atoms with Crippen LogP contribution in [0.5, 0.6) is 0 Å². The maximum absolute atomic E-state index is 12.0. The number of hydrogen-bond acceptors (Lipinski definition) is 2. The van der Waals surface area contributed by atoms with Crippen LogP contribution in [0.2, 0.25) is 0 Å². The summed E-state index contributed by atoms with van der Waals surface area (Å²) in [6.45, 7) is 8.84. The first kappa shape index (κ1) is 13.7. The van der Waals surface area contributed by atoms with E-state index in [0.29, 0.717) is 13.0 Å². The Labute approximate surface area is 104 Å². The van der Waals surface area contributed by atoms with Gasteiger partial charge in [0.15, 0.2) is 0 Å². The molecule has 0 unspecified atom stereocenters. The van der Waals surface area contributed by atoms with Crippen molar-refractivity contribution in [1.82, 2.24) is 14.7 Å². The largest absolute Gasteiger partial charge is 0.341 e. The second kappa shape index (κ2) is 4.90. The lowest BCUT2D eigenvalue weighted by Crippen LogP contribution is -2.29. The number of rotatable bonds is 3. The van der Waals surface area contributed by atoms with Gasteiger partial charge in [-0.1, -0.05) is 20.8 Å². The topological polar surface area (TPSA) is 38.1 Å². The van der Waals surface area contributed by atoms with Crippen LogP contribution in [-0.4, -0.2) is 27.6 Å². The Bertz CT molecular complexity index is 401. The molecular weight excluding hydrogens is 214 g/mol. The van der Waals surface area contributed by atoms with Crippen LogP contribution in [-0.2, 0) is 18.4 Å². The van der Waals surface area contributed by atoms with Gasteiger partial charge in [0.2, 0.25) is 5.91 Å². The third-order valence-corrected chi connectivity index (χ3v) is 2.63. The van der Waals surface area contributed by atoms with Crippen molar-refractivity contribution in [1.29, 1.82) is 0 Å². The van der Waals surface area contributed by atoms with E-state index in [1.165, 1.54) is 0 Å². The molecule has 1 aromatic heterocycles. The second-order valence-electron chi connectivity index (χ2n) is 5.90. The summed E-state index contributed by atoms with van der Waals surface area (Å²) in [4.78, 5) is 13.8. The van der Waals surface area contributed by atoms with E-state index in [1.807, 2.05) is 27.2 Å². The van der Waals surface area contributed by atoms with Gasteiger partial charge in [0.25, 0.3) is 0 Å². The Morgan fingerprint density at radius 1 is 1.47 bits per heavy atom. The highest BCUT2D eigenvalue weighted by molar-refractivity contribution is 5.76. The monoisotopic (exact) mass is 237 g/mol. The number of carbonyl (C=O) groups is 1. The lowest BCUT2D eigenvalue weighted by atomic mass is 9.91. The van der Waals surface area contributed by atoms with Crippen molar-refractivity contribution in [3.8, 4) is 0 Å². The third-order valence-electron chi connectivity index (χ3n) is 2.63. The SMILES string of the molecule is Cc1nn(C)cc1CN(C)C(=O)CC(C)(C)C. The minimum atomic E-state index is 0.0370. The average Bonchev–Trinajstić information content (AvgIpc) is 2.42. The second-order valence-corrected chi connectivity index (χ2v) is 5.90. The van der Waals surface area contributed by atoms with Gasteiger partial charge in [0.05, 0.1) is 5.69 Å². The van der Waals surface area contributed by atoms with Crippen LogP contribution in [0, 0.1) is 12.3 Å². The molecule has 0 saturated carbocycles. The molecule has 96 valence electrons. The Morgan fingerprint density at radius 2 is 2.06 bits per heavy atom. The molecule has 0 radical (unpaired) electrons. The van der Waals surface area contributed by atoms with Crippen LogP contribution in [0.3, 0.4) is 0 Å². The Balaban J connectivity index is 2.63. The highest BCUT2D eigenvalue weighted by Crippen LogP contribution is 2.20. The molecule has 17 heavy (non-hydrogen) atoms. The molecule has 0 aliphatic carbocycles. The van der Waals surface area contributed by atoms with Gasteiger partial charge in [-0.2, -0.15) is 5.10 Å². The van der Waals surface area contributed by atoms with E-state index in [2.05, 4.69) is 25.9 Å². The molecule has 1 amide bonds. The van der Waals surface area contributed by atoms with Gasteiger partial charge in [-0.25, -0.2) is 0 Å². The van der Waals surface area contributed by atoms with Gasteiger partial charge >= 0.3 is 0 Å². The molecule has 0 aliphatic heterocycles. The van der Waals surface area contributed by atoms with Crippen molar-refractivity contribution in [2.24, 2.45) is 12.5 Å². The lowest BCUT2D eigenvalue weighted by molar-refractivity contribution is -0.132. The first-order valence-corrected chi connectivity index (χ1v) is 5.92. The van der Waals surface area contributed by atoms with Crippen LogP contribution in [0.1, 0.15) is 38.4 Å². The molecule has 4 nitrogen and oxygen atoms in total. The van der Waals surface area contributed by atoms with Crippen LogP contribution in [0.4, 0.5) is 0 Å². The van der Waals surface area contributed by atoms with Crippen molar-refractivity contribution >= 4 is 5.91 Å². The van der Waals surface area contributed by atoms with Gasteiger partial charge in [-0.3, -0.25) is 9.48 Å². The zero-order valence-electron chi connectivity index (χ0n) is 11.7. The fraction of sp³-hybridized carbons (Fsp3) is 0.692. The lowest BCUT2D eigenvalue weighted by Gasteiger charge is -2.23. The number of amides is 1. The van der Waals surface area contributed by atoms with Crippen LogP contribution >= 0.6 is 0 Å². The summed E-state index contributed by atoms with van der Waals surface area (Å²) < 4.78 is 1.78. The molecule has 0 spiro atoms. The Morgan fingerprint density at radius 3 is 2.47 bits per heavy atom. The number of nitrogens with zero attached hydrogens (tertiary/aromatic N) is 3. The maximum atomic E-state index is 12.0. The molecule has 0 aliphatic rings. The van der Waals surface area contributed by atoms with Crippen LogP contribution < -0.4 is 0 Å². The van der Waals surface area contributed by atoms with Crippen molar-refractivity contribution in [3.05, 3.63) is 17.5 Å². The van der Waals surface area contributed by atoms with E-state index in [9.17, 15) is 4.79 Å². The van der Waals surface area contributed by atoms with Crippen LogP contribution in [0.25, 0.3) is 0 Å². The molecule has 0 atom stereocenters. The van der Waals surface area contributed by atoms with E-state index in [1.54, 1.807) is 9.58 Å². The molecule has 1 rings (SSSR count). The molecule has 0 fully saturated rings. The first-order valence-electron chi connectivity index (χ1n) is 5.92. The molecule has 1 heterocycles. The van der Waals surface area contributed by atoms with Gasteiger partial charge in [-0.15, -0.1) is 0 Å². The number of aryl methyl sites for hydroxylation is 2. The molecule has 0 aromatic carbocycles. The predicted molar refractivity (Wildman–Crippen MR) is 68.5 cm³/mol.